The Kier molecular flexibility index (Phi) is 6.64. The topological polar surface area (TPSA) is 96.2 Å². The number of carbonyl (C=O) groups is 2. The molecule has 3 aromatic carbocycles. The summed E-state index contributed by atoms with van der Waals surface area (Å²) in [6.45, 7) is 1.81. The van der Waals surface area contributed by atoms with E-state index >= 15 is 0 Å². The molecule has 1 heterocycles. The Balaban J connectivity index is 1.64. The molecule has 0 atom stereocenters. The van der Waals surface area contributed by atoms with E-state index in [0.717, 1.165) is 5.39 Å². The van der Waals surface area contributed by atoms with Crippen molar-refractivity contribution < 1.29 is 33.0 Å². The number of ketones is 1. The van der Waals surface area contributed by atoms with Crippen LogP contribution in [0.2, 0.25) is 0 Å². The summed E-state index contributed by atoms with van der Waals surface area (Å²) < 4.78 is 27.0. The second-order valence-corrected chi connectivity index (χ2v) is 7.69. The number of rotatable bonds is 8. The molecule has 0 saturated heterocycles. The van der Waals surface area contributed by atoms with Gasteiger partial charge in [-0.2, -0.15) is 0 Å². The highest BCUT2D eigenvalue weighted by Crippen LogP contribution is 2.33. The first-order valence-electron chi connectivity index (χ1n) is 10.7. The number of amides is 1. The average Bonchev–Trinajstić information content (AvgIpc) is 3.22. The van der Waals surface area contributed by atoms with Crippen LogP contribution in [0.3, 0.4) is 0 Å². The number of hydrogen-bond acceptors (Lipinski definition) is 7. The summed E-state index contributed by atoms with van der Waals surface area (Å²) in [7, 11) is 6.06. The summed E-state index contributed by atoms with van der Waals surface area (Å²) in [6.07, 6.45) is 0. The van der Waals surface area contributed by atoms with E-state index in [0.29, 0.717) is 51.0 Å². The molecular weight excluding hydrogens is 450 g/mol. The zero-order valence-corrected chi connectivity index (χ0v) is 20.1. The molecule has 0 aliphatic carbocycles. The minimum Gasteiger partial charge on any atom is -0.497 e. The summed E-state index contributed by atoms with van der Waals surface area (Å²) in [4.78, 5) is 26.1. The lowest BCUT2D eigenvalue weighted by Crippen LogP contribution is -2.12. The maximum Gasteiger partial charge on any atom is 0.255 e. The summed E-state index contributed by atoms with van der Waals surface area (Å²) in [5, 5.41) is 3.61. The van der Waals surface area contributed by atoms with Crippen molar-refractivity contribution in [1.29, 1.82) is 0 Å². The number of benzene rings is 3. The normalized spacial score (nSPS) is 10.7. The van der Waals surface area contributed by atoms with Crippen molar-refractivity contribution in [2.45, 2.75) is 6.92 Å². The fraction of sp³-hybridized carbons (Fsp3) is 0.185. The SMILES string of the molecule is COc1ccc(OC)c(C(=O)c2oc3cc(NC(=O)c4ccc(OC)c(OC)c4)ccc3c2C)c1. The summed E-state index contributed by atoms with van der Waals surface area (Å²) in [5.74, 6) is 1.46. The summed E-state index contributed by atoms with van der Waals surface area (Å²) in [6, 6.07) is 15.1. The molecule has 4 aromatic rings. The van der Waals surface area contributed by atoms with Gasteiger partial charge in [0.2, 0.25) is 5.78 Å². The van der Waals surface area contributed by atoms with E-state index < -0.39 is 0 Å². The van der Waals surface area contributed by atoms with Gasteiger partial charge in [-0.05, 0) is 55.5 Å². The smallest absolute Gasteiger partial charge is 0.255 e. The molecule has 8 nitrogen and oxygen atoms in total. The van der Waals surface area contributed by atoms with Crippen LogP contribution < -0.4 is 24.3 Å². The van der Waals surface area contributed by atoms with Crippen molar-refractivity contribution in [3.05, 3.63) is 77.0 Å². The predicted octanol–water partition coefficient (Wildman–Crippen LogP) is 5.26. The van der Waals surface area contributed by atoms with E-state index in [1.807, 2.05) is 6.92 Å². The van der Waals surface area contributed by atoms with Gasteiger partial charge >= 0.3 is 0 Å². The molecule has 0 fully saturated rings. The van der Waals surface area contributed by atoms with Crippen molar-refractivity contribution in [3.8, 4) is 23.0 Å². The van der Waals surface area contributed by atoms with Crippen LogP contribution >= 0.6 is 0 Å². The molecular formula is C27H25NO7. The van der Waals surface area contributed by atoms with E-state index in [1.165, 1.54) is 28.4 Å². The number of nitrogens with one attached hydrogen (secondary N) is 1. The van der Waals surface area contributed by atoms with Gasteiger partial charge in [-0.15, -0.1) is 0 Å². The third kappa shape index (κ3) is 4.50. The van der Waals surface area contributed by atoms with Crippen molar-refractivity contribution in [2.24, 2.45) is 0 Å². The molecule has 0 unspecified atom stereocenters. The van der Waals surface area contributed by atoms with Crippen LogP contribution in [0.25, 0.3) is 11.0 Å². The summed E-state index contributed by atoms with van der Waals surface area (Å²) in [5.41, 5.74) is 2.41. The monoisotopic (exact) mass is 475 g/mol. The van der Waals surface area contributed by atoms with Crippen LogP contribution in [0.15, 0.2) is 59.0 Å². The van der Waals surface area contributed by atoms with Gasteiger partial charge in [-0.1, -0.05) is 0 Å². The largest absolute Gasteiger partial charge is 0.497 e. The van der Waals surface area contributed by atoms with Crippen LogP contribution in [0.5, 0.6) is 23.0 Å². The Morgan fingerprint density at radius 1 is 0.771 bits per heavy atom. The van der Waals surface area contributed by atoms with Crippen molar-refractivity contribution in [3.63, 3.8) is 0 Å². The number of furan rings is 1. The van der Waals surface area contributed by atoms with Gasteiger partial charge in [-0.25, -0.2) is 0 Å². The Labute approximate surface area is 202 Å². The molecule has 4 rings (SSSR count). The van der Waals surface area contributed by atoms with Crippen molar-refractivity contribution in [2.75, 3.05) is 33.8 Å². The van der Waals surface area contributed by atoms with Crippen LogP contribution in [0.1, 0.15) is 32.0 Å². The molecule has 180 valence electrons. The molecule has 0 spiro atoms. The number of carbonyl (C=O) groups excluding carboxylic acids is 2. The minimum absolute atomic E-state index is 0.190. The third-order valence-electron chi connectivity index (χ3n) is 5.70. The zero-order valence-electron chi connectivity index (χ0n) is 20.1. The number of ether oxygens (including phenoxy) is 4. The van der Waals surface area contributed by atoms with E-state index in [1.54, 1.807) is 54.6 Å². The quantitative estimate of drug-likeness (QED) is 0.347. The number of aryl methyl sites for hydroxylation is 1. The Hall–Kier alpha value is -4.46. The van der Waals surface area contributed by atoms with E-state index in [2.05, 4.69) is 5.32 Å². The maximum absolute atomic E-state index is 13.3. The first kappa shape index (κ1) is 23.7. The fourth-order valence-corrected chi connectivity index (χ4v) is 3.81. The molecule has 8 heteroatoms. The Bertz CT molecular complexity index is 1420. The molecule has 1 N–H and O–H groups in total. The molecule has 0 aliphatic heterocycles. The van der Waals surface area contributed by atoms with Gasteiger partial charge in [0.25, 0.3) is 5.91 Å². The molecule has 1 aromatic heterocycles. The predicted molar refractivity (Wildman–Crippen MR) is 131 cm³/mol. The average molecular weight is 475 g/mol. The fourth-order valence-electron chi connectivity index (χ4n) is 3.81. The van der Waals surface area contributed by atoms with Crippen LogP contribution in [0, 0.1) is 6.92 Å². The van der Waals surface area contributed by atoms with E-state index in [4.69, 9.17) is 23.4 Å². The second-order valence-electron chi connectivity index (χ2n) is 7.69. The van der Waals surface area contributed by atoms with Crippen molar-refractivity contribution >= 4 is 28.3 Å². The first-order chi connectivity index (χ1) is 16.9. The van der Waals surface area contributed by atoms with Crippen molar-refractivity contribution in [1.82, 2.24) is 0 Å². The van der Waals surface area contributed by atoms with Gasteiger partial charge in [0.1, 0.15) is 17.1 Å². The number of hydrogen-bond donors (Lipinski definition) is 1. The summed E-state index contributed by atoms with van der Waals surface area (Å²) >= 11 is 0. The van der Waals surface area contributed by atoms with Gasteiger partial charge in [0, 0.05) is 28.3 Å². The van der Waals surface area contributed by atoms with E-state index in [-0.39, 0.29) is 17.5 Å². The molecule has 0 aliphatic rings. The lowest BCUT2D eigenvalue weighted by molar-refractivity contribution is 0.100. The molecule has 1 amide bonds. The standard InChI is InChI=1S/C27H25NO7/c1-15-19-9-7-17(28-27(30)16-6-10-22(33-4)24(12-16)34-5)13-23(19)35-26(15)25(29)20-14-18(31-2)8-11-21(20)32-3/h6-14H,1-5H3,(H,28,30). The molecule has 35 heavy (non-hydrogen) atoms. The Morgan fingerprint density at radius 2 is 1.49 bits per heavy atom. The van der Waals surface area contributed by atoms with E-state index in [9.17, 15) is 9.59 Å². The molecule has 0 bridgehead atoms. The lowest BCUT2D eigenvalue weighted by Gasteiger charge is -2.10. The number of fused-ring (bicyclic) bond motifs is 1. The third-order valence-corrected chi connectivity index (χ3v) is 5.70. The van der Waals surface area contributed by atoms with Gasteiger partial charge in [-0.3, -0.25) is 9.59 Å². The highest BCUT2D eigenvalue weighted by Gasteiger charge is 2.23. The number of anilines is 1. The van der Waals surface area contributed by atoms with Crippen LogP contribution in [-0.2, 0) is 0 Å². The highest BCUT2D eigenvalue weighted by molar-refractivity contribution is 6.12. The first-order valence-corrected chi connectivity index (χ1v) is 10.7. The maximum atomic E-state index is 13.3. The minimum atomic E-state index is -0.328. The molecule has 0 saturated carbocycles. The zero-order chi connectivity index (χ0) is 25.1. The lowest BCUT2D eigenvalue weighted by atomic mass is 10.0. The van der Waals surface area contributed by atoms with Gasteiger partial charge in [0.15, 0.2) is 17.3 Å². The number of methoxy groups -OCH3 is 4. The highest BCUT2D eigenvalue weighted by atomic mass is 16.5. The Morgan fingerprint density at radius 3 is 2.17 bits per heavy atom. The van der Waals surface area contributed by atoms with Crippen LogP contribution in [-0.4, -0.2) is 40.1 Å². The van der Waals surface area contributed by atoms with Gasteiger partial charge < -0.3 is 28.7 Å². The molecule has 0 radical (unpaired) electrons. The van der Waals surface area contributed by atoms with Gasteiger partial charge in [0.05, 0.1) is 34.0 Å². The van der Waals surface area contributed by atoms with Crippen LogP contribution in [0.4, 0.5) is 5.69 Å². The second kappa shape index (κ2) is 9.80.